The van der Waals surface area contributed by atoms with Gasteiger partial charge in [0.15, 0.2) is 8.32 Å². The van der Waals surface area contributed by atoms with E-state index < -0.39 is 44.2 Å². The number of fused-ring (bicyclic) bond motifs is 2. The largest absolute Gasteiger partial charge is 0.493 e. The van der Waals surface area contributed by atoms with Crippen LogP contribution in [-0.4, -0.2) is 92.0 Å². The van der Waals surface area contributed by atoms with Crippen LogP contribution in [-0.2, 0) is 18.7 Å². The number of benzene rings is 1. The molecule has 3 atom stereocenters. The fraction of sp³-hybridized carbons (Fsp3) is 0.656. The minimum absolute atomic E-state index is 0.00854. The molecule has 2 bridgehead atoms. The molecule has 1 saturated heterocycles. The zero-order valence-electron chi connectivity index (χ0n) is 27.5. The van der Waals surface area contributed by atoms with Crippen LogP contribution in [0.1, 0.15) is 67.4 Å². The molecule has 1 aromatic carbocycles. The Morgan fingerprint density at radius 2 is 1.65 bits per heavy atom. The maximum absolute atomic E-state index is 13.3. The van der Waals surface area contributed by atoms with E-state index in [0.29, 0.717) is 19.0 Å². The minimum Gasteiger partial charge on any atom is -0.493 e. The summed E-state index contributed by atoms with van der Waals surface area (Å²) in [4.78, 5) is 41.4. The SMILES string of the molecule is CCOC(=O)C1=C(c2ccc(OC[C@H](C)CO[Si](C)(C)C(C)(C)C)cc2)C[C@H]2CN(C(=O)OC(C)(C)C)C[C@@H]1N2C(=O)O. The van der Waals surface area contributed by atoms with Gasteiger partial charge < -0.3 is 28.6 Å². The van der Waals surface area contributed by atoms with Crippen LogP contribution in [0.25, 0.3) is 5.57 Å². The Morgan fingerprint density at radius 1 is 1.02 bits per heavy atom. The molecule has 2 aliphatic rings. The average molecular weight is 619 g/mol. The topological polar surface area (TPSA) is 115 Å². The van der Waals surface area contributed by atoms with Crippen molar-refractivity contribution >= 4 is 32.0 Å². The maximum Gasteiger partial charge on any atom is 0.410 e. The van der Waals surface area contributed by atoms with E-state index in [-0.39, 0.29) is 42.6 Å². The second-order valence-electron chi connectivity index (χ2n) is 14.1. The first-order chi connectivity index (χ1) is 19.8. The number of carboxylic acid groups (broad SMARTS) is 1. The lowest BCUT2D eigenvalue weighted by Gasteiger charge is -2.49. The number of piperazine rings is 1. The predicted molar refractivity (Wildman–Crippen MR) is 168 cm³/mol. The molecule has 3 rings (SSSR count). The molecule has 0 unspecified atom stereocenters. The van der Waals surface area contributed by atoms with Gasteiger partial charge in [-0.2, -0.15) is 0 Å². The van der Waals surface area contributed by atoms with E-state index in [1.807, 2.05) is 24.3 Å². The molecule has 10 nitrogen and oxygen atoms in total. The van der Waals surface area contributed by atoms with Gasteiger partial charge in [0.25, 0.3) is 0 Å². The van der Waals surface area contributed by atoms with Crippen molar-refractivity contribution in [3.63, 3.8) is 0 Å². The summed E-state index contributed by atoms with van der Waals surface area (Å²) in [5.74, 6) is 0.314. The number of hydrogen-bond donors (Lipinski definition) is 1. The van der Waals surface area contributed by atoms with Crippen LogP contribution in [0, 0.1) is 5.92 Å². The number of rotatable bonds is 9. The molecule has 0 aromatic heterocycles. The zero-order valence-corrected chi connectivity index (χ0v) is 28.5. The normalized spacial score (nSPS) is 20.0. The molecule has 43 heavy (non-hydrogen) atoms. The molecule has 2 heterocycles. The number of esters is 1. The summed E-state index contributed by atoms with van der Waals surface area (Å²) in [7, 11) is -1.84. The third kappa shape index (κ3) is 8.53. The fourth-order valence-electron chi connectivity index (χ4n) is 5.02. The summed E-state index contributed by atoms with van der Waals surface area (Å²) < 4.78 is 23.4. The lowest BCUT2D eigenvalue weighted by molar-refractivity contribution is -0.139. The van der Waals surface area contributed by atoms with Gasteiger partial charge in [0.05, 0.1) is 30.9 Å². The van der Waals surface area contributed by atoms with E-state index in [1.54, 1.807) is 27.7 Å². The molecule has 2 aliphatic heterocycles. The minimum atomic E-state index is -1.84. The summed E-state index contributed by atoms with van der Waals surface area (Å²) in [6.07, 6.45) is -1.43. The Labute approximate surface area is 257 Å². The van der Waals surface area contributed by atoms with Crippen LogP contribution in [0.4, 0.5) is 9.59 Å². The highest BCUT2D eigenvalue weighted by Crippen LogP contribution is 2.40. The monoisotopic (exact) mass is 618 g/mol. The Kier molecular flexibility index (Phi) is 10.6. The van der Waals surface area contributed by atoms with E-state index in [1.165, 1.54) is 9.80 Å². The van der Waals surface area contributed by atoms with Gasteiger partial charge in [-0.05, 0) is 75.5 Å². The summed E-state index contributed by atoms with van der Waals surface area (Å²) in [5.41, 5.74) is 1.05. The van der Waals surface area contributed by atoms with Gasteiger partial charge >= 0.3 is 18.2 Å². The van der Waals surface area contributed by atoms with Crippen molar-refractivity contribution in [2.75, 3.05) is 32.9 Å². The van der Waals surface area contributed by atoms with Crippen LogP contribution in [0.15, 0.2) is 29.8 Å². The molecule has 0 aliphatic carbocycles. The van der Waals surface area contributed by atoms with Gasteiger partial charge in [-0.25, -0.2) is 14.4 Å². The molecule has 1 N–H and O–H groups in total. The molecule has 1 aromatic rings. The van der Waals surface area contributed by atoms with Crippen LogP contribution in [0.2, 0.25) is 18.1 Å². The Hall–Kier alpha value is -3.05. The smallest absolute Gasteiger partial charge is 0.410 e. The van der Waals surface area contributed by atoms with Gasteiger partial charge in [-0.3, -0.25) is 4.90 Å². The number of ether oxygens (including phenoxy) is 3. The van der Waals surface area contributed by atoms with E-state index in [0.717, 1.165) is 11.1 Å². The highest BCUT2D eigenvalue weighted by molar-refractivity contribution is 6.74. The average Bonchev–Trinajstić information content (AvgIpc) is 2.88. The highest BCUT2D eigenvalue weighted by Gasteiger charge is 2.48. The molecular formula is C32H50N2O8Si. The van der Waals surface area contributed by atoms with Crippen molar-refractivity contribution in [2.45, 2.75) is 97.6 Å². The van der Waals surface area contributed by atoms with E-state index in [2.05, 4.69) is 40.8 Å². The lowest BCUT2D eigenvalue weighted by Crippen LogP contribution is -2.64. The molecule has 11 heteroatoms. The highest BCUT2D eigenvalue weighted by atomic mass is 28.4. The molecular weight excluding hydrogens is 568 g/mol. The summed E-state index contributed by atoms with van der Waals surface area (Å²) >= 11 is 0. The standard InChI is InChI=1S/C32H50N2O8Si/c1-11-39-28(35)27-25(16-23-17-33(30(38)42-31(3,4)5)18-26(27)34(23)29(36)37)22-12-14-24(15-13-22)40-19-21(2)20-41-43(9,10)32(6,7)8/h12-15,21,23,26H,11,16-20H2,1-10H3,(H,36,37)/t21-,23-,26-/m0/s1. The zero-order chi connectivity index (χ0) is 32.3. The fourth-order valence-corrected chi connectivity index (χ4v) is 6.15. The third-order valence-corrected chi connectivity index (χ3v) is 12.8. The number of hydrogen-bond acceptors (Lipinski definition) is 7. The number of carbonyl (C=O) groups is 3. The first-order valence-corrected chi connectivity index (χ1v) is 18.0. The molecule has 0 saturated carbocycles. The number of nitrogens with zero attached hydrogens (tertiary/aromatic N) is 2. The summed E-state index contributed by atoms with van der Waals surface area (Å²) in [6, 6.07) is 6.06. The lowest BCUT2D eigenvalue weighted by atomic mass is 9.82. The Bertz CT molecular complexity index is 1200. The van der Waals surface area contributed by atoms with E-state index in [4.69, 9.17) is 18.6 Å². The van der Waals surface area contributed by atoms with Crippen molar-refractivity contribution in [1.82, 2.24) is 9.80 Å². The third-order valence-electron chi connectivity index (χ3n) is 8.29. The van der Waals surface area contributed by atoms with Crippen LogP contribution >= 0.6 is 0 Å². The Balaban J connectivity index is 1.83. The molecule has 1 fully saturated rings. The van der Waals surface area contributed by atoms with Crippen LogP contribution in [0.3, 0.4) is 0 Å². The molecule has 0 spiro atoms. The summed E-state index contributed by atoms with van der Waals surface area (Å²) in [6.45, 7) is 21.7. The first kappa shape index (κ1) is 34.4. The Morgan fingerprint density at radius 3 is 2.19 bits per heavy atom. The second-order valence-corrected chi connectivity index (χ2v) is 18.9. The number of amides is 2. The van der Waals surface area contributed by atoms with Crippen molar-refractivity contribution in [3.05, 3.63) is 35.4 Å². The quantitative estimate of drug-likeness (QED) is 0.249. The molecule has 240 valence electrons. The van der Waals surface area contributed by atoms with Crippen LogP contribution in [0.5, 0.6) is 5.75 Å². The maximum atomic E-state index is 13.3. The molecule has 0 radical (unpaired) electrons. The first-order valence-electron chi connectivity index (χ1n) is 15.1. The van der Waals surface area contributed by atoms with Crippen LogP contribution < -0.4 is 4.74 Å². The number of carbonyl (C=O) groups excluding carboxylic acids is 2. The van der Waals surface area contributed by atoms with Crippen molar-refractivity contribution in [2.24, 2.45) is 5.92 Å². The van der Waals surface area contributed by atoms with Crippen molar-refractivity contribution in [1.29, 1.82) is 0 Å². The second kappa shape index (κ2) is 13.3. The van der Waals surface area contributed by atoms with Gasteiger partial charge in [0.2, 0.25) is 0 Å². The van der Waals surface area contributed by atoms with E-state index >= 15 is 0 Å². The molecule has 2 amide bonds. The van der Waals surface area contributed by atoms with E-state index in [9.17, 15) is 19.5 Å². The van der Waals surface area contributed by atoms with Gasteiger partial charge in [-0.15, -0.1) is 0 Å². The van der Waals surface area contributed by atoms with Crippen molar-refractivity contribution in [3.8, 4) is 5.75 Å². The predicted octanol–water partition coefficient (Wildman–Crippen LogP) is 6.41. The van der Waals surface area contributed by atoms with Gasteiger partial charge in [-0.1, -0.05) is 39.8 Å². The van der Waals surface area contributed by atoms with Gasteiger partial charge in [0, 0.05) is 25.6 Å². The van der Waals surface area contributed by atoms with Crippen molar-refractivity contribution < 1.29 is 38.1 Å². The van der Waals surface area contributed by atoms with Gasteiger partial charge in [0.1, 0.15) is 11.4 Å². The summed E-state index contributed by atoms with van der Waals surface area (Å²) in [5, 5.41) is 10.2.